The molecule has 0 N–H and O–H groups in total. The summed E-state index contributed by atoms with van der Waals surface area (Å²) in [5.74, 6) is 0.562. The van der Waals surface area contributed by atoms with Gasteiger partial charge in [0.05, 0.1) is 18.5 Å². The highest BCUT2D eigenvalue weighted by Gasteiger charge is 2.23. The number of ketones is 1. The highest BCUT2D eigenvalue weighted by molar-refractivity contribution is 7.18. The van der Waals surface area contributed by atoms with Crippen LogP contribution in [0.4, 0.5) is 0 Å². The summed E-state index contributed by atoms with van der Waals surface area (Å²) in [4.78, 5) is 35.8. The second-order valence-electron chi connectivity index (χ2n) is 8.91. The van der Waals surface area contributed by atoms with Gasteiger partial charge in [-0.3, -0.25) is 14.2 Å². The molecule has 5 nitrogen and oxygen atoms in total. The third-order valence-electron chi connectivity index (χ3n) is 6.23. The summed E-state index contributed by atoms with van der Waals surface area (Å²) in [6.07, 6.45) is 4.21. The molecule has 0 amide bonds. The van der Waals surface area contributed by atoms with Gasteiger partial charge in [-0.1, -0.05) is 54.6 Å². The van der Waals surface area contributed by atoms with Crippen LogP contribution < -0.4 is 5.56 Å². The van der Waals surface area contributed by atoms with Gasteiger partial charge in [0.15, 0.2) is 5.78 Å². The van der Waals surface area contributed by atoms with Crippen LogP contribution in [0.25, 0.3) is 21.3 Å². The zero-order valence-corrected chi connectivity index (χ0v) is 19.8. The van der Waals surface area contributed by atoms with E-state index in [0.29, 0.717) is 17.9 Å². The fourth-order valence-electron chi connectivity index (χ4n) is 4.56. The molecule has 0 radical (unpaired) electrons. The normalized spacial score (nSPS) is 13.4. The SMILES string of the molecule is CN(C)Cc1nc2sc3c(c2c(=O)n1CC(=O)c1ccc(-c2ccccc2)cc1)CCCC3. The molecule has 33 heavy (non-hydrogen) atoms. The lowest BCUT2D eigenvalue weighted by atomic mass is 9.97. The van der Waals surface area contributed by atoms with E-state index >= 15 is 0 Å². The van der Waals surface area contributed by atoms with Crippen molar-refractivity contribution in [2.24, 2.45) is 0 Å². The van der Waals surface area contributed by atoms with Crippen LogP contribution in [0.1, 0.15) is 39.5 Å². The highest BCUT2D eigenvalue weighted by atomic mass is 32.1. The number of aryl methyl sites for hydroxylation is 2. The third kappa shape index (κ3) is 4.28. The summed E-state index contributed by atoms with van der Waals surface area (Å²) in [5, 5.41) is 0.726. The molecule has 2 aromatic heterocycles. The minimum absolute atomic E-state index is 0.000248. The number of benzene rings is 2. The quantitative estimate of drug-likeness (QED) is 0.385. The van der Waals surface area contributed by atoms with Crippen LogP contribution in [-0.4, -0.2) is 34.3 Å². The molecule has 0 saturated heterocycles. The monoisotopic (exact) mass is 457 g/mol. The Labute approximate surface area is 197 Å². The van der Waals surface area contributed by atoms with Gasteiger partial charge in [-0.25, -0.2) is 4.98 Å². The first-order chi connectivity index (χ1) is 16.0. The van der Waals surface area contributed by atoms with Crippen molar-refractivity contribution in [3.8, 4) is 11.1 Å². The zero-order valence-electron chi connectivity index (χ0n) is 19.0. The Bertz CT molecular complexity index is 1370. The van der Waals surface area contributed by atoms with Crippen LogP contribution in [0.3, 0.4) is 0 Å². The van der Waals surface area contributed by atoms with E-state index in [1.807, 2.05) is 73.6 Å². The fraction of sp³-hybridized carbons (Fsp3) is 0.296. The van der Waals surface area contributed by atoms with Gasteiger partial charge >= 0.3 is 0 Å². The number of hydrogen-bond acceptors (Lipinski definition) is 5. The summed E-state index contributed by atoms with van der Waals surface area (Å²) < 4.78 is 1.59. The van der Waals surface area contributed by atoms with Crippen molar-refractivity contribution >= 4 is 27.3 Å². The number of hydrogen-bond donors (Lipinski definition) is 0. The maximum atomic E-state index is 13.6. The number of Topliss-reactive ketones (excluding diaryl/α,β-unsaturated/α-hetero) is 1. The smallest absolute Gasteiger partial charge is 0.263 e. The number of rotatable bonds is 6. The van der Waals surface area contributed by atoms with E-state index < -0.39 is 0 Å². The second-order valence-corrected chi connectivity index (χ2v) is 10.00. The molecule has 0 bridgehead atoms. The van der Waals surface area contributed by atoms with E-state index in [1.165, 1.54) is 4.88 Å². The topological polar surface area (TPSA) is 55.2 Å². The predicted molar refractivity (Wildman–Crippen MR) is 134 cm³/mol. The highest BCUT2D eigenvalue weighted by Crippen LogP contribution is 2.34. The van der Waals surface area contributed by atoms with E-state index in [9.17, 15) is 9.59 Å². The van der Waals surface area contributed by atoms with Crippen molar-refractivity contribution in [2.75, 3.05) is 14.1 Å². The van der Waals surface area contributed by atoms with Crippen LogP contribution in [0, 0.1) is 0 Å². The van der Waals surface area contributed by atoms with E-state index in [1.54, 1.807) is 15.9 Å². The van der Waals surface area contributed by atoms with Gasteiger partial charge in [0, 0.05) is 10.4 Å². The summed E-state index contributed by atoms with van der Waals surface area (Å²) in [7, 11) is 3.90. The minimum atomic E-state index is -0.0815. The van der Waals surface area contributed by atoms with Gasteiger partial charge in [0.1, 0.15) is 10.7 Å². The van der Waals surface area contributed by atoms with Gasteiger partial charge in [0.25, 0.3) is 5.56 Å². The summed E-state index contributed by atoms with van der Waals surface area (Å²) >= 11 is 1.65. The number of fused-ring (bicyclic) bond motifs is 3. The van der Waals surface area contributed by atoms with E-state index in [4.69, 9.17) is 4.98 Å². The van der Waals surface area contributed by atoms with Gasteiger partial charge in [-0.05, 0) is 56.5 Å². The van der Waals surface area contributed by atoms with Crippen molar-refractivity contribution in [1.29, 1.82) is 0 Å². The molecule has 0 unspecified atom stereocenters. The Morgan fingerprint density at radius 1 is 1.00 bits per heavy atom. The van der Waals surface area contributed by atoms with Crippen LogP contribution >= 0.6 is 11.3 Å². The van der Waals surface area contributed by atoms with Crippen molar-refractivity contribution in [1.82, 2.24) is 14.5 Å². The number of carbonyl (C=O) groups is 1. The maximum Gasteiger partial charge on any atom is 0.263 e. The average Bonchev–Trinajstić information content (AvgIpc) is 3.20. The van der Waals surface area contributed by atoms with Gasteiger partial charge in [-0.15, -0.1) is 11.3 Å². The molecule has 0 fully saturated rings. The van der Waals surface area contributed by atoms with Crippen molar-refractivity contribution in [3.63, 3.8) is 0 Å². The summed E-state index contributed by atoms with van der Waals surface area (Å²) in [5.41, 5.74) is 3.85. The number of aromatic nitrogens is 2. The number of carbonyl (C=O) groups excluding carboxylic acids is 1. The van der Waals surface area contributed by atoms with E-state index in [2.05, 4.69) is 0 Å². The molecule has 2 aromatic carbocycles. The first-order valence-corrected chi connectivity index (χ1v) is 12.2. The summed E-state index contributed by atoms with van der Waals surface area (Å²) in [6, 6.07) is 17.7. The van der Waals surface area contributed by atoms with Crippen LogP contribution in [0.15, 0.2) is 59.4 Å². The summed E-state index contributed by atoms with van der Waals surface area (Å²) in [6.45, 7) is 0.508. The Morgan fingerprint density at radius 2 is 1.70 bits per heavy atom. The number of nitrogens with zero attached hydrogens (tertiary/aromatic N) is 3. The molecule has 168 valence electrons. The third-order valence-corrected chi connectivity index (χ3v) is 7.41. The standard InChI is InChI=1S/C27H27N3O2S/c1-29(2)17-24-28-26-25(21-10-6-7-11-23(21)33-26)27(32)30(24)16-22(31)20-14-12-19(13-15-20)18-8-4-3-5-9-18/h3-5,8-9,12-15H,6-7,10-11,16-17H2,1-2H3. The molecule has 6 heteroatoms. The predicted octanol–water partition coefficient (Wildman–Crippen LogP) is 4.95. The Morgan fingerprint density at radius 3 is 2.42 bits per heavy atom. The Hall–Kier alpha value is -3.09. The van der Waals surface area contributed by atoms with Crippen LogP contribution in [0.5, 0.6) is 0 Å². The van der Waals surface area contributed by atoms with E-state index in [0.717, 1.165) is 52.6 Å². The molecule has 0 saturated carbocycles. The molecule has 4 aromatic rings. The lowest BCUT2D eigenvalue weighted by Crippen LogP contribution is -2.31. The van der Waals surface area contributed by atoms with Gasteiger partial charge in [0.2, 0.25) is 0 Å². The molecular formula is C27H27N3O2S. The molecular weight excluding hydrogens is 430 g/mol. The first-order valence-electron chi connectivity index (χ1n) is 11.4. The molecule has 5 rings (SSSR count). The minimum Gasteiger partial charge on any atom is -0.302 e. The molecule has 1 aliphatic carbocycles. The van der Waals surface area contributed by atoms with Crippen LogP contribution in [0.2, 0.25) is 0 Å². The molecule has 2 heterocycles. The maximum absolute atomic E-state index is 13.6. The fourth-order valence-corrected chi connectivity index (χ4v) is 5.83. The van der Waals surface area contributed by atoms with Gasteiger partial charge in [-0.2, -0.15) is 0 Å². The van der Waals surface area contributed by atoms with Crippen molar-refractivity contribution < 1.29 is 4.79 Å². The molecule has 0 aliphatic heterocycles. The molecule has 0 atom stereocenters. The lowest BCUT2D eigenvalue weighted by Gasteiger charge is -2.16. The average molecular weight is 458 g/mol. The van der Waals surface area contributed by atoms with Crippen LogP contribution in [-0.2, 0) is 25.9 Å². The van der Waals surface area contributed by atoms with Crippen molar-refractivity contribution in [3.05, 3.63) is 86.8 Å². The molecule has 1 aliphatic rings. The largest absolute Gasteiger partial charge is 0.302 e. The molecule has 0 spiro atoms. The zero-order chi connectivity index (χ0) is 22.9. The second kappa shape index (κ2) is 9.04. The van der Waals surface area contributed by atoms with Crippen molar-refractivity contribution in [2.45, 2.75) is 38.8 Å². The Balaban J connectivity index is 1.51. The Kier molecular flexibility index (Phi) is 5.96. The van der Waals surface area contributed by atoms with Gasteiger partial charge < -0.3 is 4.90 Å². The van der Waals surface area contributed by atoms with E-state index in [-0.39, 0.29) is 17.9 Å². The number of thiophene rings is 1. The first kappa shape index (κ1) is 21.7. The lowest BCUT2D eigenvalue weighted by molar-refractivity contribution is 0.0968.